The first-order chi connectivity index (χ1) is 5.69. The minimum absolute atomic E-state index is 0.0371. The third-order valence-corrected chi connectivity index (χ3v) is 2.39. The summed E-state index contributed by atoms with van der Waals surface area (Å²) in [5.74, 6) is -0.0371. The molecule has 0 aliphatic heterocycles. The Kier molecular flexibility index (Phi) is 4.11. The van der Waals surface area contributed by atoms with Crippen molar-refractivity contribution in [3.63, 3.8) is 0 Å². The quantitative estimate of drug-likeness (QED) is 0.732. The first kappa shape index (κ1) is 12.6. The molecule has 0 aromatic rings. The van der Waals surface area contributed by atoms with Crippen molar-refractivity contribution in [3.05, 3.63) is 0 Å². The lowest BCUT2D eigenvalue weighted by Gasteiger charge is -2.23. The van der Waals surface area contributed by atoms with E-state index in [2.05, 4.69) is 20.8 Å². The molecule has 0 aromatic heterocycles. The summed E-state index contributed by atoms with van der Waals surface area (Å²) in [6, 6.07) is 0. The van der Waals surface area contributed by atoms with Crippen molar-refractivity contribution in [2.24, 2.45) is 5.41 Å². The van der Waals surface area contributed by atoms with Gasteiger partial charge in [0, 0.05) is 6.42 Å². The highest BCUT2D eigenvalue weighted by atomic mass is 16.3. The van der Waals surface area contributed by atoms with Crippen LogP contribution in [0, 0.1) is 5.41 Å². The molecular formula is C11H22O2. The summed E-state index contributed by atoms with van der Waals surface area (Å²) < 4.78 is 0. The SMILES string of the molecule is CCC(C)(O)C(=O)CCC(C)(C)C. The number of carbonyl (C=O) groups excluding carboxylic acids is 1. The van der Waals surface area contributed by atoms with Crippen molar-refractivity contribution in [3.8, 4) is 0 Å². The van der Waals surface area contributed by atoms with Gasteiger partial charge in [0.15, 0.2) is 5.78 Å². The molecule has 0 rings (SSSR count). The van der Waals surface area contributed by atoms with Crippen LogP contribution in [-0.2, 0) is 4.79 Å². The molecule has 0 spiro atoms. The summed E-state index contributed by atoms with van der Waals surface area (Å²) >= 11 is 0. The van der Waals surface area contributed by atoms with E-state index in [1.165, 1.54) is 0 Å². The first-order valence-corrected chi connectivity index (χ1v) is 4.95. The number of Topliss-reactive ketones (excluding diaryl/α,β-unsaturated/α-hetero) is 1. The Morgan fingerprint density at radius 3 is 2.00 bits per heavy atom. The molecular weight excluding hydrogens is 164 g/mol. The molecule has 0 bridgehead atoms. The molecule has 0 amide bonds. The van der Waals surface area contributed by atoms with Crippen LogP contribution in [0.2, 0.25) is 0 Å². The van der Waals surface area contributed by atoms with Gasteiger partial charge in [-0.25, -0.2) is 0 Å². The first-order valence-electron chi connectivity index (χ1n) is 4.95. The summed E-state index contributed by atoms with van der Waals surface area (Å²) in [7, 11) is 0. The Morgan fingerprint density at radius 2 is 1.69 bits per heavy atom. The lowest BCUT2D eigenvalue weighted by Crippen LogP contribution is -2.34. The van der Waals surface area contributed by atoms with E-state index in [1.54, 1.807) is 6.92 Å². The fourth-order valence-electron chi connectivity index (χ4n) is 0.955. The summed E-state index contributed by atoms with van der Waals surface area (Å²) in [5, 5.41) is 9.64. The van der Waals surface area contributed by atoms with Crippen LogP contribution in [0.25, 0.3) is 0 Å². The molecule has 1 atom stereocenters. The van der Waals surface area contributed by atoms with Crippen LogP contribution in [0.3, 0.4) is 0 Å². The van der Waals surface area contributed by atoms with Crippen molar-refractivity contribution in [1.82, 2.24) is 0 Å². The predicted octanol–water partition coefficient (Wildman–Crippen LogP) is 2.54. The van der Waals surface area contributed by atoms with Gasteiger partial charge in [-0.15, -0.1) is 0 Å². The molecule has 0 aromatic carbocycles. The topological polar surface area (TPSA) is 37.3 Å². The van der Waals surface area contributed by atoms with Crippen molar-refractivity contribution >= 4 is 5.78 Å². The highest BCUT2D eigenvalue weighted by Gasteiger charge is 2.28. The van der Waals surface area contributed by atoms with Crippen molar-refractivity contribution < 1.29 is 9.90 Å². The maximum absolute atomic E-state index is 11.5. The molecule has 13 heavy (non-hydrogen) atoms. The smallest absolute Gasteiger partial charge is 0.164 e. The van der Waals surface area contributed by atoms with Crippen LogP contribution >= 0.6 is 0 Å². The Morgan fingerprint density at radius 1 is 1.23 bits per heavy atom. The third kappa shape index (κ3) is 5.04. The average molecular weight is 186 g/mol. The molecule has 0 saturated carbocycles. The van der Waals surface area contributed by atoms with Crippen LogP contribution in [-0.4, -0.2) is 16.5 Å². The van der Waals surface area contributed by atoms with Gasteiger partial charge in [-0.3, -0.25) is 4.79 Å². The summed E-state index contributed by atoms with van der Waals surface area (Å²) in [4.78, 5) is 11.5. The van der Waals surface area contributed by atoms with Gasteiger partial charge >= 0.3 is 0 Å². The van der Waals surface area contributed by atoms with E-state index in [4.69, 9.17) is 0 Å². The van der Waals surface area contributed by atoms with Gasteiger partial charge in [0.1, 0.15) is 5.60 Å². The number of hydrogen-bond acceptors (Lipinski definition) is 2. The third-order valence-electron chi connectivity index (χ3n) is 2.39. The molecule has 1 unspecified atom stereocenters. The zero-order valence-corrected chi connectivity index (χ0v) is 9.48. The monoisotopic (exact) mass is 186 g/mol. The second kappa shape index (κ2) is 4.23. The van der Waals surface area contributed by atoms with Gasteiger partial charge in [0.25, 0.3) is 0 Å². The fourth-order valence-corrected chi connectivity index (χ4v) is 0.955. The van der Waals surface area contributed by atoms with Gasteiger partial charge in [-0.2, -0.15) is 0 Å². The molecule has 0 heterocycles. The van der Waals surface area contributed by atoms with Gasteiger partial charge in [-0.1, -0.05) is 27.7 Å². The minimum Gasteiger partial charge on any atom is -0.382 e. The fraction of sp³-hybridized carbons (Fsp3) is 0.909. The van der Waals surface area contributed by atoms with Crippen molar-refractivity contribution in [2.45, 2.75) is 59.5 Å². The van der Waals surface area contributed by atoms with E-state index in [0.29, 0.717) is 12.8 Å². The highest BCUT2D eigenvalue weighted by molar-refractivity contribution is 5.86. The van der Waals surface area contributed by atoms with Crippen LogP contribution in [0.4, 0.5) is 0 Å². The molecule has 0 fully saturated rings. The van der Waals surface area contributed by atoms with Gasteiger partial charge < -0.3 is 5.11 Å². The molecule has 0 aliphatic carbocycles. The number of ketones is 1. The summed E-state index contributed by atoms with van der Waals surface area (Å²) in [6.45, 7) is 9.72. The summed E-state index contributed by atoms with van der Waals surface area (Å²) in [6.07, 6.45) is 1.81. The van der Waals surface area contributed by atoms with Gasteiger partial charge in [0.05, 0.1) is 0 Å². The second-order valence-corrected chi connectivity index (χ2v) is 5.11. The lowest BCUT2D eigenvalue weighted by molar-refractivity contribution is -0.136. The molecule has 0 saturated heterocycles. The maximum Gasteiger partial charge on any atom is 0.164 e. The van der Waals surface area contributed by atoms with Crippen molar-refractivity contribution in [1.29, 1.82) is 0 Å². The Balaban J connectivity index is 4.03. The molecule has 1 N–H and O–H groups in total. The number of hydrogen-bond donors (Lipinski definition) is 1. The number of aliphatic hydroxyl groups is 1. The summed E-state index contributed by atoms with van der Waals surface area (Å²) in [5.41, 5.74) is -0.954. The maximum atomic E-state index is 11.5. The molecule has 2 nitrogen and oxygen atoms in total. The number of rotatable bonds is 4. The van der Waals surface area contributed by atoms with E-state index in [9.17, 15) is 9.90 Å². The second-order valence-electron chi connectivity index (χ2n) is 5.11. The Bertz CT molecular complexity index is 175. The van der Waals surface area contributed by atoms with Crippen LogP contribution < -0.4 is 0 Å². The van der Waals surface area contributed by atoms with Crippen LogP contribution in [0.5, 0.6) is 0 Å². The minimum atomic E-state index is -1.12. The standard InChI is InChI=1S/C11H22O2/c1-6-11(5,13)9(12)7-8-10(2,3)4/h13H,6-8H2,1-5H3. The van der Waals surface area contributed by atoms with E-state index in [1.807, 2.05) is 6.92 Å². The van der Waals surface area contributed by atoms with E-state index < -0.39 is 5.60 Å². The molecule has 0 radical (unpaired) electrons. The lowest BCUT2D eigenvalue weighted by atomic mass is 9.85. The van der Waals surface area contributed by atoms with Crippen molar-refractivity contribution in [2.75, 3.05) is 0 Å². The highest BCUT2D eigenvalue weighted by Crippen LogP contribution is 2.23. The zero-order chi connectivity index (χ0) is 10.7. The zero-order valence-electron chi connectivity index (χ0n) is 9.48. The van der Waals surface area contributed by atoms with E-state index in [0.717, 1.165) is 6.42 Å². The van der Waals surface area contributed by atoms with Gasteiger partial charge in [-0.05, 0) is 25.2 Å². The molecule has 2 heteroatoms. The van der Waals surface area contributed by atoms with Gasteiger partial charge in [0.2, 0.25) is 0 Å². The Labute approximate surface area is 81.3 Å². The molecule has 0 aliphatic rings. The number of carbonyl (C=O) groups is 1. The molecule has 78 valence electrons. The predicted molar refractivity (Wildman–Crippen MR) is 54.6 cm³/mol. The van der Waals surface area contributed by atoms with E-state index >= 15 is 0 Å². The Hall–Kier alpha value is -0.370. The van der Waals surface area contributed by atoms with E-state index in [-0.39, 0.29) is 11.2 Å². The van der Waals surface area contributed by atoms with Crippen LogP contribution in [0.1, 0.15) is 53.9 Å². The normalized spacial score (nSPS) is 16.8. The van der Waals surface area contributed by atoms with Crippen LogP contribution in [0.15, 0.2) is 0 Å². The average Bonchev–Trinajstić information content (AvgIpc) is 1.98. The largest absolute Gasteiger partial charge is 0.382 e.